The van der Waals surface area contributed by atoms with Crippen molar-refractivity contribution in [3.63, 3.8) is 0 Å². The molecule has 0 aliphatic rings. The Balaban J connectivity index is 2.08. The molecule has 1 atom stereocenters. The van der Waals surface area contributed by atoms with E-state index in [1.165, 1.54) is 12.1 Å². The van der Waals surface area contributed by atoms with Gasteiger partial charge in [0.2, 0.25) is 0 Å². The van der Waals surface area contributed by atoms with E-state index in [0.717, 1.165) is 11.3 Å². The van der Waals surface area contributed by atoms with Crippen LogP contribution >= 0.6 is 0 Å². The number of hydrogen-bond acceptors (Lipinski definition) is 3. The molecule has 0 aliphatic carbocycles. The number of anilines is 1. The molecule has 2 aromatic rings. The van der Waals surface area contributed by atoms with Crippen LogP contribution in [0.15, 0.2) is 48.5 Å². The maximum Gasteiger partial charge on any atom is 0.255 e. The van der Waals surface area contributed by atoms with Crippen molar-refractivity contribution in [2.24, 2.45) is 0 Å². The maximum atomic E-state index is 12.0. The summed E-state index contributed by atoms with van der Waals surface area (Å²) in [4.78, 5) is 12.0. The predicted molar refractivity (Wildman–Crippen MR) is 80.0 cm³/mol. The second-order valence-electron chi connectivity index (χ2n) is 4.64. The average Bonchev–Trinajstić information content (AvgIpc) is 2.47. The highest BCUT2D eigenvalue weighted by atomic mass is 16.3. The van der Waals surface area contributed by atoms with E-state index in [0.29, 0.717) is 5.56 Å². The van der Waals surface area contributed by atoms with Gasteiger partial charge in [-0.1, -0.05) is 18.2 Å². The van der Waals surface area contributed by atoms with E-state index in [2.05, 4.69) is 17.6 Å². The third-order valence-electron chi connectivity index (χ3n) is 3.21. The number of phenols is 1. The normalized spacial score (nSPS) is 11.9. The molecule has 1 amide bonds. The van der Waals surface area contributed by atoms with Crippen LogP contribution in [0.1, 0.15) is 28.9 Å². The quantitative estimate of drug-likeness (QED) is 0.800. The SMILES string of the molecule is CNC(C)c1ccc(NC(=O)c2cccc(O)c2)cc1. The number of benzene rings is 2. The van der Waals surface area contributed by atoms with Crippen LogP contribution in [0.3, 0.4) is 0 Å². The summed E-state index contributed by atoms with van der Waals surface area (Å²) in [5.41, 5.74) is 2.31. The molecule has 4 heteroatoms. The molecule has 104 valence electrons. The van der Waals surface area contributed by atoms with Gasteiger partial charge >= 0.3 is 0 Å². The van der Waals surface area contributed by atoms with Crippen LogP contribution in [0, 0.1) is 0 Å². The first-order chi connectivity index (χ1) is 9.60. The molecule has 0 radical (unpaired) electrons. The number of aromatic hydroxyl groups is 1. The van der Waals surface area contributed by atoms with E-state index in [4.69, 9.17) is 0 Å². The summed E-state index contributed by atoms with van der Waals surface area (Å²) >= 11 is 0. The van der Waals surface area contributed by atoms with Crippen molar-refractivity contribution in [2.75, 3.05) is 12.4 Å². The van der Waals surface area contributed by atoms with Crippen LogP contribution in [0.2, 0.25) is 0 Å². The van der Waals surface area contributed by atoms with E-state index < -0.39 is 0 Å². The lowest BCUT2D eigenvalue weighted by Crippen LogP contribution is -2.13. The summed E-state index contributed by atoms with van der Waals surface area (Å²) in [5.74, 6) is -0.161. The van der Waals surface area contributed by atoms with Crippen LogP contribution in [0.25, 0.3) is 0 Å². The van der Waals surface area contributed by atoms with E-state index in [1.54, 1.807) is 12.1 Å². The van der Waals surface area contributed by atoms with Gasteiger partial charge in [0.05, 0.1) is 0 Å². The molecule has 0 saturated carbocycles. The third-order valence-corrected chi connectivity index (χ3v) is 3.21. The lowest BCUT2D eigenvalue weighted by Gasteiger charge is -2.11. The van der Waals surface area contributed by atoms with E-state index in [1.807, 2.05) is 31.3 Å². The summed E-state index contributed by atoms with van der Waals surface area (Å²) < 4.78 is 0. The number of phenolic OH excluding ortho intramolecular Hbond substituents is 1. The molecule has 0 saturated heterocycles. The molecule has 1 unspecified atom stereocenters. The molecule has 2 rings (SSSR count). The van der Waals surface area contributed by atoms with Crippen LogP contribution in [-0.4, -0.2) is 18.1 Å². The fourth-order valence-electron chi connectivity index (χ4n) is 1.87. The Hall–Kier alpha value is -2.33. The molecular weight excluding hydrogens is 252 g/mol. The highest BCUT2D eigenvalue weighted by molar-refractivity contribution is 6.04. The van der Waals surface area contributed by atoms with Gasteiger partial charge in [-0.25, -0.2) is 0 Å². The van der Waals surface area contributed by atoms with Crippen molar-refractivity contribution < 1.29 is 9.90 Å². The maximum absolute atomic E-state index is 12.0. The molecule has 2 aromatic carbocycles. The molecule has 20 heavy (non-hydrogen) atoms. The standard InChI is InChI=1S/C16H18N2O2/c1-11(17-2)12-6-8-14(9-7-12)18-16(20)13-4-3-5-15(19)10-13/h3-11,17,19H,1-2H3,(H,18,20). The number of rotatable bonds is 4. The van der Waals surface area contributed by atoms with Gasteiger partial charge in [-0.05, 0) is 49.9 Å². The van der Waals surface area contributed by atoms with Crippen molar-refractivity contribution in [3.05, 3.63) is 59.7 Å². The van der Waals surface area contributed by atoms with Gasteiger partial charge in [0.1, 0.15) is 5.75 Å². The first-order valence-electron chi connectivity index (χ1n) is 6.48. The number of nitrogens with one attached hydrogen (secondary N) is 2. The van der Waals surface area contributed by atoms with Crippen molar-refractivity contribution >= 4 is 11.6 Å². The molecule has 0 spiro atoms. The zero-order chi connectivity index (χ0) is 14.5. The van der Waals surface area contributed by atoms with Gasteiger partial charge in [-0.3, -0.25) is 4.79 Å². The molecule has 0 bridgehead atoms. The van der Waals surface area contributed by atoms with Crippen LogP contribution in [-0.2, 0) is 0 Å². The highest BCUT2D eigenvalue weighted by Crippen LogP contribution is 2.17. The third kappa shape index (κ3) is 3.36. The summed E-state index contributed by atoms with van der Waals surface area (Å²) in [5, 5.41) is 15.3. The lowest BCUT2D eigenvalue weighted by molar-refractivity contribution is 0.102. The summed E-state index contributed by atoms with van der Waals surface area (Å²) in [6.07, 6.45) is 0. The van der Waals surface area contributed by atoms with Crippen LogP contribution in [0.4, 0.5) is 5.69 Å². The Morgan fingerprint density at radius 1 is 1.15 bits per heavy atom. The van der Waals surface area contributed by atoms with E-state index in [-0.39, 0.29) is 17.7 Å². The van der Waals surface area contributed by atoms with Crippen molar-refractivity contribution in [3.8, 4) is 5.75 Å². The predicted octanol–water partition coefficient (Wildman–Crippen LogP) is 2.92. The zero-order valence-electron chi connectivity index (χ0n) is 11.6. The minimum atomic E-state index is -0.240. The Kier molecular flexibility index (Phi) is 4.38. The van der Waals surface area contributed by atoms with Gasteiger partial charge < -0.3 is 15.7 Å². The van der Waals surface area contributed by atoms with Crippen molar-refractivity contribution in [1.29, 1.82) is 0 Å². The Morgan fingerprint density at radius 3 is 2.45 bits per heavy atom. The Morgan fingerprint density at radius 2 is 1.85 bits per heavy atom. The average molecular weight is 270 g/mol. The number of hydrogen-bond donors (Lipinski definition) is 3. The van der Waals surface area contributed by atoms with Crippen molar-refractivity contribution in [2.45, 2.75) is 13.0 Å². The van der Waals surface area contributed by atoms with Gasteiger partial charge in [0.15, 0.2) is 0 Å². The van der Waals surface area contributed by atoms with Crippen molar-refractivity contribution in [1.82, 2.24) is 5.32 Å². The molecule has 0 heterocycles. The van der Waals surface area contributed by atoms with Gasteiger partial charge in [0, 0.05) is 17.3 Å². The van der Waals surface area contributed by atoms with Crippen LogP contribution in [0.5, 0.6) is 5.75 Å². The Bertz CT molecular complexity index is 594. The molecule has 3 N–H and O–H groups in total. The largest absolute Gasteiger partial charge is 0.508 e. The smallest absolute Gasteiger partial charge is 0.255 e. The fourth-order valence-corrected chi connectivity index (χ4v) is 1.87. The van der Waals surface area contributed by atoms with Gasteiger partial charge in [-0.2, -0.15) is 0 Å². The summed E-state index contributed by atoms with van der Waals surface area (Å²) in [7, 11) is 1.90. The molecule has 4 nitrogen and oxygen atoms in total. The first kappa shape index (κ1) is 14.1. The molecule has 0 aliphatic heterocycles. The highest BCUT2D eigenvalue weighted by Gasteiger charge is 2.07. The molecule has 0 fully saturated rings. The van der Waals surface area contributed by atoms with Gasteiger partial charge in [0.25, 0.3) is 5.91 Å². The molecular formula is C16H18N2O2. The Labute approximate surface area is 118 Å². The van der Waals surface area contributed by atoms with Gasteiger partial charge in [-0.15, -0.1) is 0 Å². The summed E-state index contributed by atoms with van der Waals surface area (Å²) in [6, 6.07) is 14.2. The fraction of sp³-hybridized carbons (Fsp3) is 0.188. The van der Waals surface area contributed by atoms with E-state index in [9.17, 15) is 9.90 Å². The second-order valence-corrected chi connectivity index (χ2v) is 4.64. The van der Waals surface area contributed by atoms with Crippen LogP contribution < -0.4 is 10.6 Å². The lowest BCUT2D eigenvalue weighted by atomic mass is 10.1. The minimum Gasteiger partial charge on any atom is -0.508 e. The first-order valence-corrected chi connectivity index (χ1v) is 6.48. The minimum absolute atomic E-state index is 0.0795. The number of carbonyl (C=O) groups excluding carboxylic acids is 1. The number of carbonyl (C=O) groups is 1. The monoisotopic (exact) mass is 270 g/mol. The topological polar surface area (TPSA) is 61.4 Å². The molecule has 0 aromatic heterocycles. The summed E-state index contributed by atoms with van der Waals surface area (Å²) in [6.45, 7) is 2.07. The second kappa shape index (κ2) is 6.21. The van der Waals surface area contributed by atoms with E-state index >= 15 is 0 Å². The number of amides is 1. The zero-order valence-corrected chi connectivity index (χ0v) is 11.6.